The standard InChI is InChI=1S/C15H22N2O3S/c1-2-8-16-15-12(5-3-7-14(15)17(18)19)10-21-11-13-6-4-9-20-13/h3,5,7,13,16H,2,4,6,8-11H2,1H3. The molecule has 1 aliphatic heterocycles. The third kappa shape index (κ3) is 4.61. The van der Waals surface area contributed by atoms with Gasteiger partial charge in [0.1, 0.15) is 5.69 Å². The average Bonchev–Trinajstić information content (AvgIpc) is 2.98. The number of anilines is 1. The van der Waals surface area contributed by atoms with E-state index in [9.17, 15) is 10.1 Å². The average molecular weight is 310 g/mol. The van der Waals surface area contributed by atoms with Crippen LogP contribution in [0, 0.1) is 10.1 Å². The van der Waals surface area contributed by atoms with Crippen LogP contribution in [-0.4, -0.2) is 29.9 Å². The normalized spacial score (nSPS) is 17.9. The molecular formula is C15H22N2O3S. The topological polar surface area (TPSA) is 64.4 Å². The number of thioether (sulfide) groups is 1. The van der Waals surface area contributed by atoms with Gasteiger partial charge in [-0.25, -0.2) is 0 Å². The zero-order valence-electron chi connectivity index (χ0n) is 12.3. The van der Waals surface area contributed by atoms with Crippen molar-refractivity contribution in [2.45, 2.75) is 38.0 Å². The zero-order valence-corrected chi connectivity index (χ0v) is 13.2. The Morgan fingerprint density at radius 3 is 3.05 bits per heavy atom. The van der Waals surface area contributed by atoms with Gasteiger partial charge in [0.2, 0.25) is 0 Å². The van der Waals surface area contributed by atoms with E-state index in [1.54, 1.807) is 23.9 Å². The van der Waals surface area contributed by atoms with Crippen LogP contribution in [0.5, 0.6) is 0 Å². The minimum Gasteiger partial charge on any atom is -0.379 e. The van der Waals surface area contributed by atoms with Crippen molar-refractivity contribution in [2.24, 2.45) is 0 Å². The first-order valence-electron chi connectivity index (χ1n) is 7.42. The summed E-state index contributed by atoms with van der Waals surface area (Å²) >= 11 is 1.78. The van der Waals surface area contributed by atoms with Crippen molar-refractivity contribution in [3.8, 4) is 0 Å². The number of nitrogens with zero attached hydrogens (tertiary/aromatic N) is 1. The quantitative estimate of drug-likeness (QED) is 0.584. The second-order valence-corrected chi connectivity index (χ2v) is 6.18. The molecule has 0 aromatic heterocycles. The van der Waals surface area contributed by atoms with Crippen molar-refractivity contribution in [3.63, 3.8) is 0 Å². The van der Waals surface area contributed by atoms with E-state index in [0.29, 0.717) is 11.8 Å². The van der Waals surface area contributed by atoms with Crippen LogP contribution in [0.3, 0.4) is 0 Å². The lowest BCUT2D eigenvalue weighted by atomic mass is 10.1. The summed E-state index contributed by atoms with van der Waals surface area (Å²) in [6.45, 7) is 3.66. The molecule has 5 nitrogen and oxygen atoms in total. The van der Waals surface area contributed by atoms with Crippen molar-refractivity contribution < 1.29 is 9.66 Å². The van der Waals surface area contributed by atoms with Gasteiger partial charge in [-0.1, -0.05) is 19.1 Å². The highest BCUT2D eigenvalue weighted by atomic mass is 32.2. The van der Waals surface area contributed by atoms with Crippen molar-refractivity contribution in [1.29, 1.82) is 0 Å². The molecule has 1 fully saturated rings. The van der Waals surface area contributed by atoms with Gasteiger partial charge in [0, 0.05) is 30.7 Å². The maximum Gasteiger partial charge on any atom is 0.292 e. The molecule has 0 radical (unpaired) electrons. The number of para-hydroxylation sites is 1. The summed E-state index contributed by atoms with van der Waals surface area (Å²) in [5, 5.41) is 14.4. The largest absolute Gasteiger partial charge is 0.379 e. The van der Waals surface area contributed by atoms with Gasteiger partial charge in [-0.3, -0.25) is 10.1 Å². The van der Waals surface area contributed by atoms with Crippen LogP contribution < -0.4 is 5.32 Å². The first-order valence-corrected chi connectivity index (χ1v) is 8.57. The Labute approximate surface area is 129 Å². The second-order valence-electron chi connectivity index (χ2n) is 5.15. The van der Waals surface area contributed by atoms with Gasteiger partial charge < -0.3 is 10.1 Å². The van der Waals surface area contributed by atoms with Crippen LogP contribution >= 0.6 is 11.8 Å². The highest BCUT2D eigenvalue weighted by Crippen LogP contribution is 2.31. The van der Waals surface area contributed by atoms with E-state index in [2.05, 4.69) is 5.32 Å². The van der Waals surface area contributed by atoms with E-state index in [-0.39, 0.29) is 10.6 Å². The van der Waals surface area contributed by atoms with Crippen molar-refractivity contribution in [2.75, 3.05) is 24.2 Å². The fourth-order valence-corrected chi connectivity index (χ4v) is 3.49. The summed E-state index contributed by atoms with van der Waals surface area (Å²) < 4.78 is 5.60. The highest BCUT2D eigenvalue weighted by molar-refractivity contribution is 7.98. The number of hydrogen-bond donors (Lipinski definition) is 1. The van der Waals surface area contributed by atoms with Gasteiger partial charge in [-0.15, -0.1) is 0 Å². The van der Waals surface area contributed by atoms with Crippen molar-refractivity contribution in [1.82, 2.24) is 0 Å². The SMILES string of the molecule is CCCNc1c(CSCC2CCCO2)cccc1[N+](=O)[O-]. The second kappa shape index (κ2) is 8.24. The minimum absolute atomic E-state index is 0.165. The number of benzene rings is 1. The monoisotopic (exact) mass is 310 g/mol. The molecule has 1 heterocycles. The predicted molar refractivity (Wildman–Crippen MR) is 87.0 cm³/mol. The Morgan fingerprint density at radius 1 is 1.52 bits per heavy atom. The summed E-state index contributed by atoms with van der Waals surface area (Å²) in [6.07, 6.45) is 3.56. The van der Waals surface area contributed by atoms with E-state index in [1.807, 2.05) is 13.0 Å². The van der Waals surface area contributed by atoms with Crippen LogP contribution in [0.15, 0.2) is 18.2 Å². The van der Waals surface area contributed by atoms with Gasteiger partial charge in [-0.05, 0) is 24.8 Å². The number of nitro groups is 1. The van der Waals surface area contributed by atoms with Crippen LogP contribution in [0.25, 0.3) is 0 Å². The highest BCUT2D eigenvalue weighted by Gasteiger charge is 2.18. The summed E-state index contributed by atoms with van der Waals surface area (Å²) in [4.78, 5) is 10.8. The van der Waals surface area contributed by atoms with Crippen LogP contribution in [0.4, 0.5) is 11.4 Å². The summed E-state index contributed by atoms with van der Waals surface area (Å²) in [7, 11) is 0. The minimum atomic E-state index is -0.313. The summed E-state index contributed by atoms with van der Waals surface area (Å²) in [6, 6.07) is 5.29. The molecule has 1 unspecified atom stereocenters. The fourth-order valence-electron chi connectivity index (χ4n) is 2.39. The Morgan fingerprint density at radius 2 is 2.38 bits per heavy atom. The molecule has 1 N–H and O–H groups in total. The molecule has 0 bridgehead atoms. The van der Waals surface area contributed by atoms with Gasteiger partial charge in [0.25, 0.3) is 5.69 Å². The number of nitro benzene ring substituents is 1. The molecule has 6 heteroatoms. The Kier molecular flexibility index (Phi) is 6.32. The smallest absolute Gasteiger partial charge is 0.292 e. The molecule has 0 amide bonds. The van der Waals surface area contributed by atoms with E-state index in [0.717, 1.165) is 49.5 Å². The van der Waals surface area contributed by atoms with Crippen molar-refractivity contribution >= 4 is 23.1 Å². The molecule has 1 saturated heterocycles. The van der Waals surface area contributed by atoms with Gasteiger partial charge in [-0.2, -0.15) is 11.8 Å². The molecule has 116 valence electrons. The number of rotatable bonds is 8. The lowest BCUT2D eigenvalue weighted by Gasteiger charge is -2.13. The van der Waals surface area contributed by atoms with E-state index in [4.69, 9.17) is 4.74 Å². The molecule has 1 aromatic carbocycles. The third-order valence-corrected chi connectivity index (χ3v) is 4.59. The molecule has 1 aromatic rings. The summed E-state index contributed by atoms with van der Waals surface area (Å²) in [5.74, 6) is 1.73. The Hall–Kier alpha value is -1.27. The van der Waals surface area contributed by atoms with Gasteiger partial charge >= 0.3 is 0 Å². The van der Waals surface area contributed by atoms with Crippen molar-refractivity contribution in [3.05, 3.63) is 33.9 Å². The predicted octanol–water partition coefficient (Wildman–Crippen LogP) is 3.83. The fraction of sp³-hybridized carbons (Fsp3) is 0.600. The lowest BCUT2D eigenvalue weighted by molar-refractivity contribution is -0.384. The zero-order chi connectivity index (χ0) is 15.1. The summed E-state index contributed by atoms with van der Waals surface area (Å²) in [5.41, 5.74) is 1.84. The van der Waals surface area contributed by atoms with Gasteiger partial charge in [0.15, 0.2) is 0 Å². The number of hydrogen-bond acceptors (Lipinski definition) is 5. The van der Waals surface area contributed by atoms with Crippen LogP contribution in [-0.2, 0) is 10.5 Å². The molecule has 0 spiro atoms. The molecule has 2 rings (SSSR count). The molecule has 21 heavy (non-hydrogen) atoms. The Bertz CT molecular complexity index is 476. The lowest BCUT2D eigenvalue weighted by Crippen LogP contribution is -2.09. The van der Waals surface area contributed by atoms with E-state index >= 15 is 0 Å². The van der Waals surface area contributed by atoms with Crippen LogP contribution in [0.2, 0.25) is 0 Å². The maximum absolute atomic E-state index is 11.2. The van der Waals surface area contributed by atoms with Gasteiger partial charge in [0.05, 0.1) is 11.0 Å². The van der Waals surface area contributed by atoms with Crippen LogP contribution in [0.1, 0.15) is 31.7 Å². The number of ether oxygens (including phenoxy) is 1. The maximum atomic E-state index is 11.2. The van der Waals surface area contributed by atoms with E-state index in [1.165, 1.54) is 0 Å². The first kappa shape index (κ1) is 16.1. The third-order valence-electron chi connectivity index (χ3n) is 3.46. The Balaban J connectivity index is 2.01. The molecule has 1 aliphatic rings. The first-order chi connectivity index (χ1) is 10.2. The molecule has 1 atom stereocenters. The molecular weight excluding hydrogens is 288 g/mol. The van der Waals surface area contributed by atoms with E-state index < -0.39 is 0 Å². The molecule has 0 saturated carbocycles. The number of nitrogens with one attached hydrogen (secondary N) is 1. The molecule has 0 aliphatic carbocycles.